The molecule has 0 bridgehead atoms. The van der Waals surface area contributed by atoms with Crippen LogP contribution in [0.4, 0.5) is 0 Å². The Kier molecular flexibility index (Phi) is 5.60. The SMILES string of the molecule is C[n+]1c(CO[NH3+])[nH]c2ccccc21.[Cl-].[Cl-]. The molecular formula is C9H13Cl2N3O. The van der Waals surface area contributed by atoms with E-state index in [1.54, 1.807) is 0 Å². The number of hydrogen-bond donors (Lipinski definition) is 2. The molecule has 15 heavy (non-hydrogen) atoms. The molecule has 0 spiro atoms. The van der Waals surface area contributed by atoms with Crippen LogP contribution >= 0.6 is 0 Å². The summed E-state index contributed by atoms with van der Waals surface area (Å²) in [5, 5.41) is 0. The summed E-state index contributed by atoms with van der Waals surface area (Å²) in [6, 6.07) is 8.14. The second kappa shape index (κ2) is 5.92. The van der Waals surface area contributed by atoms with E-state index in [2.05, 4.69) is 21.5 Å². The van der Waals surface area contributed by atoms with Crippen molar-refractivity contribution in [1.82, 2.24) is 4.98 Å². The number of halogens is 2. The van der Waals surface area contributed by atoms with Crippen LogP contribution in [0.25, 0.3) is 11.0 Å². The number of benzene rings is 1. The maximum atomic E-state index is 4.84. The van der Waals surface area contributed by atoms with Gasteiger partial charge in [-0.15, -0.1) is 0 Å². The number of imidazole rings is 1. The first-order chi connectivity index (χ1) is 6.33. The highest BCUT2D eigenvalue weighted by atomic mass is 35.5. The van der Waals surface area contributed by atoms with E-state index in [1.807, 2.05) is 25.2 Å². The van der Waals surface area contributed by atoms with E-state index in [4.69, 9.17) is 4.84 Å². The number of aromatic amines is 1. The van der Waals surface area contributed by atoms with Crippen molar-refractivity contribution in [2.24, 2.45) is 7.05 Å². The largest absolute Gasteiger partial charge is 1.00 e. The van der Waals surface area contributed by atoms with Crippen LogP contribution in [0.15, 0.2) is 24.3 Å². The lowest BCUT2D eigenvalue weighted by atomic mass is 10.3. The zero-order valence-corrected chi connectivity index (χ0v) is 9.85. The number of nitrogens with one attached hydrogen (secondary N) is 1. The van der Waals surface area contributed by atoms with Crippen molar-refractivity contribution in [3.63, 3.8) is 0 Å². The molecule has 0 aliphatic rings. The Balaban J connectivity index is 0.000000980. The fourth-order valence-electron chi connectivity index (χ4n) is 1.49. The number of quaternary nitrogens is 1. The molecule has 0 atom stereocenters. The van der Waals surface area contributed by atoms with Gasteiger partial charge in [0, 0.05) is 0 Å². The first-order valence-electron chi connectivity index (χ1n) is 4.15. The Hall–Kier alpha value is -0.810. The van der Waals surface area contributed by atoms with E-state index >= 15 is 0 Å². The van der Waals surface area contributed by atoms with Crippen molar-refractivity contribution in [1.29, 1.82) is 0 Å². The standard InChI is InChI=1S/C9H12N3O.2ClH/c1-12-8-5-3-2-4-7(8)11-9(12)6-13-10;;/h2-5H,6H2,1,10H3;2*1H/q+1;;/p-1. The number of hydrogen-bond acceptors (Lipinski definition) is 1. The van der Waals surface area contributed by atoms with E-state index in [1.165, 1.54) is 5.52 Å². The molecule has 2 aromatic rings. The van der Waals surface area contributed by atoms with E-state index in [0.717, 1.165) is 11.3 Å². The van der Waals surface area contributed by atoms with Crippen LogP contribution in [0, 0.1) is 0 Å². The fourth-order valence-corrected chi connectivity index (χ4v) is 1.49. The average Bonchev–Trinajstić information content (AvgIpc) is 2.46. The Morgan fingerprint density at radius 3 is 2.60 bits per heavy atom. The predicted molar refractivity (Wildman–Crippen MR) is 47.2 cm³/mol. The Labute approximate surface area is 100 Å². The van der Waals surface area contributed by atoms with Crippen molar-refractivity contribution >= 4 is 11.0 Å². The summed E-state index contributed by atoms with van der Waals surface area (Å²) in [4.78, 5) is 8.10. The fraction of sp³-hybridized carbons (Fsp3) is 0.222. The van der Waals surface area contributed by atoms with Gasteiger partial charge in [-0.3, -0.25) is 0 Å². The highest BCUT2D eigenvalue weighted by Gasteiger charge is 2.14. The average molecular weight is 250 g/mol. The van der Waals surface area contributed by atoms with Gasteiger partial charge >= 0.3 is 0 Å². The van der Waals surface area contributed by atoms with Crippen molar-refractivity contribution < 1.29 is 40.1 Å². The third-order valence-corrected chi connectivity index (χ3v) is 2.19. The Morgan fingerprint density at radius 2 is 2.00 bits per heavy atom. The summed E-state index contributed by atoms with van der Waals surface area (Å²) in [6.45, 7) is 0.505. The number of H-pyrrole nitrogens is 1. The number of rotatable bonds is 2. The minimum Gasteiger partial charge on any atom is -1.00 e. The summed E-state index contributed by atoms with van der Waals surface area (Å²) >= 11 is 0. The van der Waals surface area contributed by atoms with Gasteiger partial charge in [0.15, 0.2) is 11.0 Å². The molecule has 0 saturated carbocycles. The van der Waals surface area contributed by atoms with Gasteiger partial charge in [-0.05, 0) is 12.1 Å². The van der Waals surface area contributed by atoms with E-state index in [9.17, 15) is 0 Å². The van der Waals surface area contributed by atoms with Crippen molar-refractivity contribution in [2.45, 2.75) is 6.61 Å². The molecule has 0 radical (unpaired) electrons. The van der Waals surface area contributed by atoms with E-state index in [0.29, 0.717) is 6.61 Å². The van der Waals surface area contributed by atoms with Crippen LogP contribution in [0.5, 0.6) is 0 Å². The first kappa shape index (κ1) is 14.2. The van der Waals surface area contributed by atoms with Crippen LogP contribution in [0.1, 0.15) is 5.82 Å². The monoisotopic (exact) mass is 249 g/mol. The lowest BCUT2D eigenvalue weighted by Gasteiger charge is -1.89. The quantitative estimate of drug-likeness (QED) is 0.404. The van der Waals surface area contributed by atoms with Gasteiger partial charge in [-0.1, -0.05) is 12.1 Å². The minimum absolute atomic E-state index is 0. The molecule has 0 saturated heterocycles. The highest BCUT2D eigenvalue weighted by Crippen LogP contribution is 2.07. The number of para-hydroxylation sites is 2. The maximum Gasteiger partial charge on any atom is 0.287 e. The van der Waals surface area contributed by atoms with Crippen LogP contribution in [-0.4, -0.2) is 4.98 Å². The Morgan fingerprint density at radius 1 is 1.33 bits per heavy atom. The van der Waals surface area contributed by atoms with Crippen LogP contribution < -0.4 is 35.3 Å². The summed E-state index contributed by atoms with van der Waals surface area (Å²) in [5.41, 5.74) is 2.30. The molecule has 1 aromatic heterocycles. The van der Waals surface area contributed by atoms with E-state index in [-0.39, 0.29) is 24.8 Å². The zero-order valence-electron chi connectivity index (χ0n) is 8.34. The third kappa shape index (κ3) is 2.60. The summed E-state index contributed by atoms with van der Waals surface area (Å²) in [7, 11) is 2.01. The molecule has 0 amide bonds. The van der Waals surface area contributed by atoms with Crippen molar-refractivity contribution in [3.05, 3.63) is 30.1 Å². The first-order valence-corrected chi connectivity index (χ1v) is 4.15. The van der Waals surface area contributed by atoms with E-state index < -0.39 is 0 Å². The van der Waals surface area contributed by atoms with Gasteiger partial charge in [-0.25, -0.2) is 15.4 Å². The van der Waals surface area contributed by atoms with Gasteiger partial charge in [-0.2, -0.15) is 4.84 Å². The third-order valence-electron chi connectivity index (χ3n) is 2.19. The molecule has 0 aliphatic heterocycles. The molecular weight excluding hydrogens is 237 g/mol. The van der Waals surface area contributed by atoms with Crippen LogP contribution in [0.2, 0.25) is 0 Å². The summed E-state index contributed by atoms with van der Waals surface area (Å²) in [6.07, 6.45) is 0. The number of fused-ring (bicyclic) bond motifs is 1. The van der Waals surface area contributed by atoms with Crippen LogP contribution in [0.3, 0.4) is 0 Å². The lowest BCUT2D eigenvalue weighted by molar-refractivity contribution is -0.714. The molecule has 0 unspecified atom stereocenters. The number of aromatic nitrogens is 2. The van der Waals surface area contributed by atoms with Gasteiger partial charge < -0.3 is 24.8 Å². The van der Waals surface area contributed by atoms with Gasteiger partial charge in [0.1, 0.15) is 0 Å². The van der Waals surface area contributed by atoms with Crippen LogP contribution in [-0.2, 0) is 18.5 Å². The molecule has 0 fully saturated rings. The van der Waals surface area contributed by atoms with Gasteiger partial charge in [0.05, 0.1) is 7.05 Å². The molecule has 4 nitrogen and oxygen atoms in total. The van der Waals surface area contributed by atoms with Crippen molar-refractivity contribution in [3.8, 4) is 0 Å². The van der Waals surface area contributed by atoms with Gasteiger partial charge in [0.2, 0.25) is 6.61 Å². The molecule has 84 valence electrons. The highest BCUT2D eigenvalue weighted by molar-refractivity contribution is 5.70. The molecule has 2 rings (SSSR count). The molecule has 6 heteroatoms. The van der Waals surface area contributed by atoms with Crippen molar-refractivity contribution in [2.75, 3.05) is 0 Å². The summed E-state index contributed by atoms with van der Waals surface area (Å²) in [5.74, 6) is 4.38. The molecule has 1 aromatic carbocycles. The molecule has 4 N–H and O–H groups in total. The zero-order chi connectivity index (χ0) is 9.26. The Bertz CT molecular complexity index is 430. The minimum atomic E-state index is 0. The topological polar surface area (TPSA) is 56.5 Å². The molecule has 0 aliphatic carbocycles. The lowest BCUT2D eigenvalue weighted by Crippen LogP contribution is -3.00. The molecule has 1 heterocycles. The normalized spacial score (nSPS) is 9.47. The van der Waals surface area contributed by atoms with Gasteiger partial charge in [0.25, 0.3) is 5.82 Å². The maximum absolute atomic E-state index is 4.84. The smallest absolute Gasteiger partial charge is 0.287 e. The number of aryl methyl sites for hydroxylation is 1. The predicted octanol–water partition coefficient (Wildman–Crippen LogP) is -6.33. The summed E-state index contributed by atoms with van der Waals surface area (Å²) < 4.78 is 2.07. The number of nitrogens with zero attached hydrogens (tertiary/aromatic N) is 1. The second-order valence-corrected chi connectivity index (χ2v) is 3.00. The second-order valence-electron chi connectivity index (χ2n) is 3.00.